The molecule has 8 heteroatoms. The Bertz CT molecular complexity index is 767. The first kappa shape index (κ1) is 12.9. The number of hydrogen-bond acceptors (Lipinski definition) is 5. The number of nitrogens with two attached hydrogens (primary N) is 1. The van der Waals surface area contributed by atoms with Crippen molar-refractivity contribution in [2.75, 3.05) is 11.9 Å². The van der Waals surface area contributed by atoms with Crippen LogP contribution in [0.2, 0.25) is 0 Å². The number of hydrogen-bond donors (Lipinski definition) is 3. The zero-order chi connectivity index (χ0) is 14.4. The highest BCUT2D eigenvalue weighted by atomic mass is 16.2. The van der Waals surface area contributed by atoms with Gasteiger partial charge in [0.25, 0.3) is 5.56 Å². The first-order valence-corrected chi connectivity index (χ1v) is 6.65. The van der Waals surface area contributed by atoms with Gasteiger partial charge in [-0.1, -0.05) is 0 Å². The fourth-order valence-electron chi connectivity index (χ4n) is 2.44. The molecule has 108 valence electrons. The quantitative estimate of drug-likeness (QED) is 0.672. The third-order valence-electron chi connectivity index (χ3n) is 3.86. The number of H-pyrrole nitrogens is 1. The van der Waals surface area contributed by atoms with Gasteiger partial charge in [-0.3, -0.25) is 13.9 Å². The molecule has 20 heavy (non-hydrogen) atoms. The van der Waals surface area contributed by atoms with Crippen molar-refractivity contribution in [3.8, 4) is 0 Å². The van der Waals surface area contributed by atoms with Gasteiger partial charge in [-0.2, -0.15) is 4.98 Å². The molecule has 2 aromatic rings. The van der Waals surface area contributed by atoms with Crippen LogP contribution >= 0.6 is 0 Å². The Hall–Kier alpha value is -2.09. The summed E-state index contributed by atoms with van der Waals surface area (Å²) in [6.45, 7) is 0.513. The number of aromatic nitrogens is 4. The van der Waals surface area contributed by atoms with Crippen LogP contribution in [0.15, 0.2) is 9.59 Å². The maximum atomic E-state index is 12.0. The van der Waals surface area contributed by atoms with E-state index >= 15 is 0 Å². The molecule has 8 nitrogen and oxygen atoms in total. The summed E-state index contributed by atoms with van der Waals surface area (Å²) in [6, 6.07) is 0.149. The van der Waals surface area contributed by atoms with Gasteiger partial charge < -0.3 is 16.0 Å². The molecule has 1 fully saturated rings. The topological polar surface area (TPSA) is 111 Å². The number of nitrogens with zero attached hydrogens (tertiary/aromatic N) is 3. The van der Waals surface area contributed by atoms with Crippen LogP contribution in [0, 0.1) is 5.92 Å². The highest BCUT2D eigenvalue weighted by molar-refractivity contribution is 5.72. The summed E-state index contributed by atoms with van der Waals surface area (Å²) in [5.74, 6) is 1.06. The van der Waals surface area contributed by atoms with E-state index in [1.165, 1.54) is 11.6 Å². The minimum absolute atomic E-state index is 0.149. The molecule has 0 saturated heterocycles. The molecular formula is C12H18N6O2. The fourth-order valence-corrected chi connectivity index (χ4v) is 2.44. The smallest absolute Gasteiger partial charge is 0.332 e. The number of anilines is 1. The van der Waals surface area contributed by atoms with Crippen molar-refractivity contribution in [1.29, 1.82) is 0 Å². The fraction of sp³-hybridized carbons (Fsp3) is 0.583. The molecule has 2 aromatic heterocycles. The zero-order valence-electron chi connectivity index (χ0n) is 11.5. The Morgan fingerprint density at radius 1 is 1.40 bits per heavy atom. The molecule has 1 unspecified atom stereocenters. The number of aromatic amines is 1. The van der Waals surface area contributed by atoms with Crippen molar-refractivity contribution in [2.45, 2.75) is 18.9 Å². The number of rotatable bonds is 4. The van der Waals surface area contributed by atoms with Crippen LogP contribution in [0.25, 0.3) is 11.2 Å². The molecule has 0 bridgehead atoms. The van der Waals surface area contributed by atoms with Crippen LogP contribution in [-0.2, 0) is 14.1 Å². The van der Waals surface area contributed by atoms with Crippen LogP contribution in [0.4, 0.5) is 5.95 Å². The summed E-state index contributed by atoms with van der Waals surface area (Å²) in [5.41, 5.74) is 5.65. The van der Waals surface area contributed by atoms with Gasteiger partial charge in [0, 0.05) is 26.7 Å². The van der Waals surface area contributed by atoms with E-state index in [4.69, 9.17) is 5.73 Å². The first-order chi connectivity index (χ1) is 9.52. The average molecular weight is 278 g/mol. The minimum atomic E-state index is -0.391. The number of aryl methyl sites for hydroxylation is 1. The summed E-state index contributed by atoms with van der Waals surface area (Å²) in [6.07, 6.45) is 2.32. The Morgan fingerprint density at radius 3 is 2.70 bits per heavy atom. The molecule has 0 spiro atoms. The van der Waals surface area contributed by atoms with E-state index in [-0.39, 0.29) is 11.6 Å². The van der Waals surface area contributed by atoms with Gasteiger partial charge >= 0.3 is 5.69 Å². The summed E-state index contributed by atoms with van der Waals surface area (Å²) < 4.78 is 2.42. The normalized spacial score (nSPS) is 16.6. The van der Waals surface area contributed by atoms with Gasteiger partial charge in [0.15, 0.2) is 11.2 Å². The molecule has 1 aliphatic carbocycles. The second-order valence-electron chi connectivity index (χ2n) is 5.31. The minimum Gasteiger partial charge on any atom is -0.351 e. The van der Waals surface area contributed by atoms with Crippen molar-refractivity contribution >= 4 is 17.1 Å². The largest absolute Gasteiger partial charge is 0.351 e. The number of fused-ring (bicyclic) bond motifs is 1. The SMILES string of the molecule is Cn1c(=O)c2[nH]c(NC(CN)C3CC3)nc2n(C)c1=O. The molecule has 2 heterocycles. The van der Waals surface area contributed by atoms with Crippen molar-refractivity contribution < 1.29 is 0 Å². The summed E-state index contributed by atoms with van der Waals surface area (Å²) in [5, 5.41) is 3.22. The van der Waals surface area contributed by atoms with Gasteiger partial charge in [-0.25, -0.2) is 4.79 Å². The molecule has 0 amide bonds. The second kappa shape index (κ2) is 4.48. The zero-order valence-corrected chi connectivity index (χ0v) is 11.5. The maximum Gasteiger partial charge on any atom is 0.332 e. The molecule has 1 atom stereocenters. The Kier molecular flexibility index (Phi) is 2.89. The molecular weight excluding hydrogens is 260 g/mol. The Balaban J connectivity index is 2.06. The van der Waals surface area contributed by atoms with Gasteiger partial charge in [0.05, 0.1) is 0 Å². The van der Waals surface area contributed by atoms with Gasteiger partial charge in [0.2, 0.25) is 5.95 Å². The molecule has 0 aromatic carbocycles. The van der Waals surface area contributed by atoms with E-state index in [2.05, 4.69) is 15.3 Å². The summed E-state index contributed by atoms with van der Waals surface area (Å²) >= 11 is 0. The number of nitrogens with one attached hydrogen (secondary N) is 2. The van der Waals surface area contributed by atoms with E-state index in [1.807, 2.05) is 0 Å². The predicted octanol–water partition coefficient (Wildman–Crippen LogP) is -0.890. The Labute approximate surface area is 114 Å². The van der Waals surface area contributed by atoms with Crippen LogP contribution < -0.4 is 22.3 Å². The lowest BCUT2D eigenvalue weighted by Gasteiger charge is -2.14. The molecule has 3 rings (SSSR count). The standard InChI is InChI=1S/C12H18N6O2/c1-17-9-8(10(19)18(2)12(17)20)15-11(16-9)14-7(5-13)6-3-4-6/h6-7H,3-5,13H2,1-2H3,(H2,14,15,16). The molecule has 0 radical (unpaired) electrons. The van der Waals surface area contributed by atoms with Crippen LogP contribution in [0.1, 0.15) is 12.8 Å². The molecule has 1 aliphatic rings. The van der Waals surface area contributed by atoms with Gasteiger partial charge in [-0.15, -0.1) is 0 Å². The summed E-state index contributed by atoms with van der Waals surface area (Å²) in [4.78, 5) is 31.1. The van der Waals surface area contributed by atoms with Crippen molar-refractivity contribution in [3.63, 3.8) is 0 Å². The Morgan fingerprint density at radius 2 is 2.10 bits per heavy atom. The lowest BCUT2D eigenvalue weighted by atomic mass is 10.2. The van der Waals surface area contributed by atoms with Crippen molar-refractivity contribution in [1.82, 2.24) is 19.1 Å². The lowest BCUT2D eigenvalue weighted by Crippen LogP contribution is -2.36. The van der Waals surface area contributed by atoms with E-state index in [0.717, 1.165) is 17.4 Å². The highest BCUT2D eigenvalue weighted by Gasteiger charge is 2.30. The van der Waals surface area contributed by atoms with E-state index in [0.29, 0.717) is 29.6 Å². The highest BCUT2D eigenvalue weighted by Crippen LogP contribution is 2.33. The van der Waals surface area contributed by atoms with Crippen LogP contribution in [0.5, 0.6) is 0 Å². The third kappa shape index (κ3) is 1.92. The van der Waals surface area contributed by atoms with E-state index in [1.54, 1.807) is 7.05 Å². The first-order valence-electron chi connectivity index (χ1n) is 6.65. The monoisotopic (exact) mass is 278 g/mol. The second-order valence-corrected chi connectivity index (χ2v) is 5.31. The molecule has 0 aliphatic heterocycles. The molecule has 1 saturated carbocycles. The van der Waals surface area contributed by atoms with Gasteiger partial charge in [-0.05, 0) is 18.8 Å². The lowest BCUT2D eigenvalue weighted by molar-refractivity contribution is 0.640. The summed E-state index contributed by atoms with van der Waals surface area (Å²) in [7, 11) is 3.04. The average Bonchev–Trinajstić information content (AvgIpc) is 3.20. The van der Waals surface area contributed by atoms with E-state index < -0.39 is 5.69 Å². The van der Waals surface area contributed by atoms with Gasteiger partial charge in [0.1, 0.15) is 0 Å². The molecule has 4 N–H and O–H groups in total. The van der Waals surface area contributed by atoms with Crippen molar-refractivity contribution in [2.24, 2.45) is 25.7 Å². The third-order valence-corrected chi connectivity index (χ3v) is 3.86. The number of imidazole rings is 1. The van der Waals surface area contributed by atoms with E-state index in [9.17, 15) is 9.59 Å². The maximum absolute atomic E-state index is 12.0. The van der Waals surface area contributed by atoms with Crippen LogP contribution in [-0.4, -0.2) is 31.7 Å². The van der Waals surface area contributed by atoms with Crippen LogP contribution in [0.3, 0.4) is 0 Å². The predicted molar refractivity (Wildman–Crippen MR) is 75.8 cm³/mol. The van der Waals surface area contributed by atoms with Crippen molar-refractivity contribution in [3.05, 3.63) is 20.8 Å².